The summed E-state index contributed by atoms with van der Waals surface area (Å²) in [5.41, 5.74) is 2.89. The van der Waals surface area contributed by atoms with E-state index in [-0.39, 0.29) is 0 Å². The van der Waals surface area contributed by atoms with Gasteiger partial charge in [0.1, 0.15) is 11.2 Å². The van der Waals surface area contributed by atoms with Gasteiger partial charge >= 0.3 is 0 Å². The Labute approximate surface area is 197 Å². The smallest absolute Gasteiger partial charge is 0.142 e. The van der Waals surface area contributed by atoms with Gasteiger partial charge in [0.15, 0.2) is 0 Å². The molecule has 0 saturated carbocycles. The fourth-order valence-electron chi connectivity index (χ4n) is 2.79. The van der Waals surface area contributed by atoms with Gasteiger partial charge in [0, 0.05) is 0 Å². The molecule has 0 aromatic heterocycles. The quantitative estimate of drug-likeness (QED) is 0.204. The van der Waals surface area contributed by atoms with Crippen LogP contribution in [0, 0.1) is 23.7 Å². The summed E-state index contributed by atoms with van der Waals surface area (Å²) < 4.78 is 0. The third kappa shape index (κ3) is 18.5. The summed E-state index contributed by atoms with van der Waals surface area (Å²) in [6.07, 6.45) is 17.6. The molecular weight excluding hydrogens is 392 g/mol. The van der Waals surface area contributed by atoms with Crippen molar-refractivity contribution in [2.75, 3.05) is 0 Å². The fraction of sp³-hybridized carbons (Fsp3) is 0.533. The van der Waals surface area contributed by atoms with Crippen molar-refractivity contribution in [3.05, 3.63) is 58.7 Å². The third-order valence-corrected chi connectivity index (χ3v) is 4.82. The zero-order chi connectivity index (χ0) is 24.6. The number of hydrogen-bond donors (Lipinski definition) is 2. The second-order valence-electron chi connectivity index (χ2n) is 9.52. The first-order chi connectivity index (χ1) is 14.8. The Morgan fingerprint density at radius 2 is 1.25 bits per heavy atom. The van der Waals surface area contributed by atoms with Crippen LogP contribution in [0.15, 0.2) is 58.7 Å². The van der Waals surface area contributed by atoms with Gasteiger partial charge in [-0.05, 0) is 112 Å². The van der Waals surface area contributed by atoms with Crippen LogP contribution in [0.4, 0.5) is 0 Å². The lowest BCUT2D eigenvalue weighted by Gasteiger charge is -2.14. The third-order valence-electron chi connectivity index (χ3n) is 4.82. The molecule has 0 aliphatic heterocycles. The Bertz CT molecular complexity index is 842. The SMILES string of the molecule is CC(C)=CCC/C(C)=C/C=C/C(C)(O)C#CC#CC(C)(O)CC/C=C(\C)CCC=C(C)C. The van der Waals surface area contributed by atoms with E-state index in [1.807, 2.05) is 12.2 Å². The van der Waals surface area contributed by atoms with Crippen LogP contribution in [0.25, 0.3) is 0 Å². The van der Waals surface area contributed by atoms with Crippen LogP contribution < -0.4 is 0 Å². The minimum Gasteiger partial charge on any atom is -0.378 e. The van der Waals surface area contributed by atoms with Gasteiger partial charge in [-0.3, -0.25) is 0 Å². The maximum atomic E-state index is 10.4. The van der Waals surface area contributed by atoms with Gasteiger partial charge in [0.05, 0.1) is 0 Å². The molecule has 0 aromatic carbocycles. The van der Waals surface area contributed by atoms with Crippen LogP contribution in [0.1, 0.15) is 93.9 Å². The molecule has 0 fully saturated rings. The number of allylic oxidation sites excluding steroid dienone is 9. The van der Waals surface area contributed by atoms with Gasteiger partial charge in [0.2, 0.25) is 0 Å². The average molecular weight is 437 g/mol. The summed E-state index contributed by atoms with van der Waals surface area (Å²) in [6.45, 7) is 16.0. The van der Waals surface area contributed by atoms with Crippen LogP contribution in [0.2, 0.25) is 0 Å². The van der Waals surface area contributed by atoms with Crippen LogP contribution in [0.3, 0.4) is 0 Å². The van der Waals surface area contributed by atoms with Gasteiger partial charge in [-0.1, -0.05) is 64.5 Å². The zero-order valence-corrected chi connectivity index (χ0v) is 21.6. The maximum Gasteiger partial charge on any atom is 0.142 e. The normalized spacial score (nSPS) is 15.6. The molecule has 32 heavy (non-hydrogen) atoms. The van der Waals surface area contributed by atoms with E-state index in [1.54, 1.807) is 19.9 Å². The van der Waals surface area contributed by atoms with E-state index in [9.17, 15) is 10.2 Å². The van der Waals surface area contributed by atoms with Gasteiger partial charge < -0.3 is 10.2 Å². The second-order valence-corrected chi connectivity index (χ2v) is 9.52. The number of rotatable bonds is 11. The predicted octanol–water partition coefficient (Wildman–Crippen LogP) is 7.22. The number of hydrogen-bond acceptors (Lipinski definition) is 2. The Hall–Kier alpha value is -2.26. The highest BCUT2D eigenvalue weighted by atomic mass is 16.3. The highest BCUT2D eigenvalue weighted by Gasteiger charge is 2.15. The molecule has 176 valence electrons. The van der Waals surface area contributed by atoms with Crippen LogP contribution >= 0.6 is 0 Å². The molecule has 0 spiro atoms. The molecule has 0 amide bonds. The average Bonchev–Trinajstić information content (AvgIpc) is 2.64. The van der Waals surface area contributed by atoms with E-state index < -0.39 is 11.2 Å². The van der Waals surface area contributed by atoms with Gasteiger partial charge in [-0.15, -0.1) is 0 Å². The van der Waals surface area contributed by atoms with Crippen LogP contribution in [-0.2, 0) is 0 Å². The summed E-state index contributed by atoms with van der Waals surface area (Å²) in [7, 11) is 0. The lowest BCUT2D eigenvalue weighted by Crippen LogP contribution is -2.21. The van der Waals surface area contributed by atoms with Crippen molar-refractivity contribution in [2.45, 2.75) is 105 Å². The summed E-state index contributed by atoms with van der Waals surface area (Å²) in [5.74, 6) is 10.9. The maximum absolute atomic E-state index is 10.4. The van der Waals surface area contributed by atoms with Crippen molar-refractivity contribution in [2.24, 2.45) is 0 Å². The van der Waals surface area contributed by atoms with Crippen LogP contribution in [0.5, 0.6) is 0 Å². The largest absolute Gasteiger partial charge is 0.378 e. The first kappa shape index (κ1) is 29.7. The molecule has 2 heteroatoms. The highest BCUT2D eigenvalue weighted by Crippen LogP contribution is 2.14. The van der Waals surface area contributed by atoms with Crippen molar-refractivity contribution in [3.8, 4) is 23.7 Å². The molecule has 0 heterocycles. The highest BCUT2D eigenvalue weighted by molar-refractivity contribution is 5.35. The molecule has 2 nitrogen and oxygen atoms in total. The minimum atomic E-state index is -1.26. The summed E-state index contributed by atoms with van der Waals surface area (Å²) in [4.78, 5) is 0. The summed E-state index contributed by atoms with van der Waals surface area (Å²) in [5, 5.41) is 20.8. The molecular formula is C30H44O2. The minimum absolute atomic E-state index is 0.550. The van der Waals surface area contributed by atoms with E-state index in [0.29, 0.717) is 6.42 Å². The van der Waals surface area contributed by atoms with Crippen molar-refractivity contribution >= 4 is 0 Å². The Morgan fingerprint density at radius 1 is 0.719 bits per heavy atom. The Balaban J connectivity index is 4.71. The molecule has 0 rings (SSSR count). The van der Waals surface area contributed by atoms with E-state index in [1.165, 1.54) is 22.3 Å². The molecule has 0 saturated heterocycles. The first-order valence-corrected chi connectivity index (χ1v) is 11.6. The van der Waals surface area contributed by atoms with Crippen molar-refractivity contribution in [1.82, 2.24) is 0 Å². The second kappa shape index (κ2) is 15.5. The summed E-state index contributed by atoms with van der Waals surface area (Å²) in [6, 6.07) is 0. The molecule has 2 atom stereocenters. The molecule has 0 aliphatic carbocycles. The monoisotopic (exact) mass is 436 g/mol. The van der Waals surface area contributed by atoms with E-state index in [0.717, 1.165) is 32.1 Å². The molecule has 0 radical (unpaired) electrons. The standard InChI is InChI=1S/C30H44O2/c1-25(2)15-11-17-27(5)19-13-23-29(7,31)21-9-10-22-30(8,32)24-14-20-28(6)18-12-16-26(3)4/h13,15-16,19-20,23,31-32H,11-12,14,17-18,24H2,1-8H3/b23-13+,27-19+,28-20+. The van der Waals surface area contributed by atoms with Crippen molar-refractivity contribution in [1.29, 1.82) is 0 Å². The van der Waals surface area contributed by atoms with Crippen LogP contribution in [-0.4, -0.2) is 21.4 Å². The van der Waals surface area contributed by atoms with E-state index >= 15 is 0 Å². The predicted molar refractivity (Wildman–Crippen MR) is 140 cm³/mol. The fourth-order valence-corrected chi connectivity index (χ4v) is 2.79. The molecule has 0 bridgehead atoms. The number of aliphatic hydroxyl groups is 2. The van der Waals surface area contributed by atoms with E-state index in [4.69, 9.17) is 0 Å². The first-order valence-electron chi connectivity index (χ1n) is 11.6. The molecule has 0 aromatic rings. The zero-order valence-electron chi connectivity index (χ0n) is 21.6. The van der Waals surface area contributed by atoms with Crippen molar-refractivity contribution in [3.63, 3.8) is 0 Å². The molecule has 0 aliphatic rings. The topological polar surface area (TPSA) is 40.5 Å². The van der Waals surface area contributed by atoms with Gasteiger partial charge in [-0.25, -0.2) is 0 Å². The lowest BCUT2D eigenvalue weighted by atomic mass is 9.99. The van der Waals surface area contributed by atoms with Gasteiger partial charge in [0.25, 0.3) is 0 Å². The lowest BCUT2D eigenvalue weighted by molar-refractivity contribution is 0.113. The Morgan fingerprint density at radius 3 is 1.81 bits per heavy atom. The van der Waals surface area contributed by atoms with Gasteiger partial charge in [-0.2, -0.15) is 0 Å². The van der Waals surface area contributed by atoms with E-state index in [2.05, 4.69) is 83.5 Å². The Kier molecular flexibility index (Phi) is 14.4. The molecule has 2 unspecified atom stereocenters. The van der Waals surface area contributed by atoms with Crippen molar-refractivity contribution < 1.29 is 10.2 Å². The summed E-state index contributed by atoms with van der Waals surface area (Å²) >= 11 is 0. The molecule has 2 N–H and O–H groups in total.